The maximum atomic E-state index is 6.52. The number of rotatable bonds is 8. The first-order valence-corrected chi connectivity index (χ1v) is 23.1. The van der Waals surface area contributed by atoms with Gasteiger partial charge in [-0.3, -0.25) is 0 Å². The first-order valence-electron chi connectivity index (χ1n) is 23.1. The second-order valence-electron chi connectivity index (χ2n) is 17.6. The lowest BCUT2D eigenvalue weighted by Crippen LogP contribution is -2.28. The third kappa shape index (κ3) is 6.26. The summed E-state index contributed by atoms with van der Waals surface area (Å²) in [7, 11) is 0. The molecular weight excluding hydrogens is 811 g/mol. The summed E-state index contributed by atoms with van der Waals surface area (Å²) < 4.78 is 6.52. The second kappa shape index (κ2) is 15.8. The van der Waals surface area contributed by atoms with Gasteiger partial charge in [0, 0.05) is 33.8 Å². The van der Waals surface area contributed by atoms with E-state index in [-0.39, 0.29) is 0 Å². The van der Waals surface area contributed by atoms with Crippen molar-refractivity contribution in [3.05, 3.63) is 283 Å². The number of benzene rings is 11. The van der Waals surface area contributed by atoms with E-state index in [0.29, 0.717) is 0 Å². The molecule has 1 aliphatic carbocycles. The molecule has 0 amide bonds. The normalized spacial score (nSPS) is 12.6. The molecular formula is C65H43NO. The average Bonchev–Trinajstić information content (AvgIpc) is 3.93. The van der Waals surface area contributed by atoms with Gasteiger partial charge >= 0.3 is 0 Å². The van der Waals surface area contributed by atoms with Crippen molar-refractivity contribution < 1.29 is 4.42 Å². The molecule has 13 rings (SSSR count). The van der Waals surface area contributed by atoms with Crippen molar-refractivity contribution in [3.8, 4) is 44.5 Å². The summed E-state index contributed by atoms with van der Waals surface area (Å²) in [5.74, 6) is 0. The maximum Gasteiger partial charge on any atom is 0.137 e. The zero-order valence-corrected chi connectivity index (χ0v) is 36.7. The SMILES string of the molecule is c1ccc(C2(c3ccccc3)c3ccccc3-c3ccc(-c4ccc(N(c5ccc6c(c5)oc5ccccc56)c5ccccc5-c5cccc(-c6cccc7ccccc67)c5)cc4)cc32)cc1. The topological polar surface area (TPSA) is 16.4 Å². The van der Waals surface area contributed by atoms with Gasteiger partial charge < -0.3 is 9.32 Å². The van der Waals surface area contributed by atoms with Gasteiger partial charge in [-0.15, -0.1) is 0 Å². The van der Waals surface area contributed by atoms with Gasteiger partial charge in [0.2, 0.25) is 0 Å². The summed E-state index contributed by atoms with van der Waals surface area (Å²) >= 11 is 0. The van der Waals surface area contributed by atoms with E-state index >= 15 is 0 Å². The monoisotopic (exact) mass is 853 g/mol. The van der Waals surface area contributed by atoms with Crippen LogP contribution in [0, 0.1) is 0 Å². The second-order valence-corrected chi connectivity index (χ2v) is 17.6. The summed E-state index contributed by atoms with van der Waals surface area (Å²) in [5, 5.41) is 4.70. The Bertz CT molecular complexity index is 3760. The molecule has 0 saturated heterocycles. The van der Waals surface area contributed by atoms with E-state index in [1.807, 2.05) is 12.1 Å². The van der Waals surface area contributed by atoms with E-state index in [0.717, 1.165) is 55.7 Å². The lowest BCUT2D eigenvalue weighted by molar-refractivity contribution is 0.669. The van der Waals surface area contributed by atoms with E-state index in [4.69, 9.17) is 4.42 Å². The molecule has 1 aromatic heterocycles. The minimum Gasteiger partial charge on any atom is -0.456 e. The Balaban J connectivity index is 0.958. The highest BCUT2D eigenvalue weighted by Gasteiger charge is 2.46. The van der Waals surface area contributed by atoms with Gasteiger partial charge in [0.05, 0.1) is 11.1 Å². The van der Waals surface area contributed by atoms with E-state index in [1.165, 1.54) is 60.8 Å². The van der Waals surface area contributed by atoms with Crippen LogP contribution >= 0.6 is 0 Å². The van der Waals surface area contributed by atoms with E-state index in [1.54, 1.807) is 0 Å². The molecule has 314 valence electrons. The van der Waals surface area contributed by atoms with Gasteiger partial charge in [0.25, 0.3) is 0 Å². The van der Waals surface area contributed by atoms with Crippen LogP contribution in [0.15, 0.2) is 265 Å². The van der Waals surface area contributed by atoms with Gasteiger partial charge in [-0.25, -0.2) is 0 Å². The average molecular weight is 854 g/mol. The molecule has 0 bridgehead atoms. The van der Waals surface area contributed by atoms with Gasteiger partial charge in [-0.1, -0.05) is 206 Å². The minimum absolute atomic E-state index is 0.467. The minimum atomic E-state index is -0.467. The molecule has 0 radical (unpaired) electrons. The van der Waals surface area contributed by atoms with E-state index in [9.17, 15) is 0 Å². The Hall–Kier alpha value is -8.72. The molecule has 1 aliphatic rings. The maximum absolute atomic E-state index is 6.52. The lowest BCUT2D eigenvalue weighted by Gasteiger charge is -2.34. The van der Waals surface area contributed by atoms with E-state index < -0.39 is 5.41 Å². The first kappa shape index (κ1) is 38.7. The summed E-state index contributed by atoms with van der Waals surface area (Å²) in [6.07, 6.45) is 0. The van der Waals surface area contributed by atoms with Crippen molar-refractivity contribution in [1.29, 1.82) is 0 Å². The first-order chi connectivity index (χ1) is 33.2. The van der Waals surface area contributed by atoms with Gasteiger partial charge in [-0.2, -0.15) is 0 Å². The molecule has 0 N–H and O–H groups in total. The van der Waals surface area contributed by atoms with Crippen LogP contribution in [0.3, 0.4) is 0 Å². The fourth-order valence-electron chi connectivity index (χ4n) is 11.0. The van der Waals surface area contributed by atoms with Crippen LogP contribution in [0.5, 0.6) is 0 Å². The summed E-state index contributed by atoms with van der Waals surface area (Å²) in [6.45, 7) is 0. The molecule has 0 fully saturated rings. The van der Waals surface area contributed by atoms with Crippen LogP contribution in [0.4, 0.5) is 17.1 Å². The number of hydrogen-bond donors (Lipinski definition) is 0. The zero-order valence-electron chi connectivity index (χ0n) is 36.7. The molecule has 0 spiro atoms. The molecule has 1 heterocycles. The molecule has 0 saturated carbocycles. The van der Waals surface area contributed by atoms with Crippen LogP contribution in [-0.2, 0) is 5.41 Å². The largest absolute Gasteiger partial charge is 0.456 e. The Morgan fingerprint density at radius 1 is 0.299 bits per heavy atom. The van der Waals surface area contributed by atoms with Crippen molar-refractivity contribution >= 4 is 49.8 Å². The third-order valence-electron chi connectivity index (χ3n) is 14.0. The number of para-hydroxylation sites is 2. The molecule has 0 atom stereocenters. The number of furan rings is 1. The fraction of sp³-hybridized carbons (Fsp3) is 0.0154. The van der Waals surface area contributed by atoms with Gasteiger partial charge in [0.15, 0.2) is 0 Å². The standard InChI is InChI=1S/C65H43NO/c1-3-21-49(22-4-1)65(50-23-5-2-6-24-50)60-30-12-9-27-56(60)57-39-35-46(42-61(57)65)44-33-36-51(37-34-44)66(52-38-40-59-58-28-11-14-32-63(58)67-64(59)43-52)62-31-13-10-26-55(62)48-20-15-19-47(41-48)54-29-16-18-45-17-7-8-25-53(45)54/h1-43H. The van der Waals surface area contributed by atoms with E-state index in [2.05, 4.69) is 254 Å². The van der Waals surface area contributed by atoms with Crippen LogP contribution in [-0.4, -0.2) is 0 Å². The van der Waals surface area contributed by atoms with Crippen LogP contribution in [0.25, 0.3) is 77.2 Å². The summed E-state index contributed by atoms with van der Waals surface area (Å²) in [5.41, 5.74) is 19.1. The molecule has 11 aromatic carbocycles. The van der Waals surface area contributed by atoms with Crippen LogP contribution < -0.4 is 4.90 Å². The third-order valence-corrected chi connectivity index (χ3v) is 14.0. The number of hydrogen-bond acceptors (Lipinski definition) is 2. The highest BCUT2D eigenvalue weighted by molar-refractivity contribution is 6.06. The predicted molar refractivity (Wildman–Crippen MR) is 280 cm³/mol. The smallest absolute Gasteiger partial charge is 0.137 e. The molecule has 0 aliphatic heterocycles. The Morgan fingerprint density at radius 2 is 0.866 bits per heavy atom. The highest BCUT2D eigenvalue weighted by atomic mass is 16.3. The lowest BCUT2D eigenvalue weighted by atomic mass is 9.67. The van der Waals surface area contributed by atoms with Crippen molar-refractivity contribution in [3.63, 3.8) is 0 Å². The van der Waals surface area contributed by atoms with Gasteiger partial charge in [-0.05, 0) is 121 Å². The highest BCUT2D eigenvalue weighted by Crippen LogP contribution is 2.57. The summed E-state index contributed by atoms with van der Waals surface area (Å²) in [4.78, 5) is 2.38. The quantitative estimate of drug-likeness (QED) is 0.151. The molecule has 2 heteroatoms. The predicted octanol–water partition coefficient (Wildman–Crippen LogP) is 17.6. The summed E-state index contributed by atoms with van der Waals surface area (Å²) in [6, 6.07) is 95.0. The fourth-order valence-corrected chi connectivity index (χ4v) is 11.0. The number of anilines is 3. The molecule has 12 aromatic rings. The van der Waals surface area contributed by atoms with Crippen molar-refractivity contribution in [2.45, 2.75) is 5.41 Å². The zero-order chi connectivity index (χ0) is 44.3. The van der Waals surface area contributed by atoms with Crippen molar-refractivity contribution in [1.82, 2.24) is 0 Å². The van der Waals surface area contributed by atoms with Crippen LogP contribution in [0.1, 0.15) is 22.3 Å². The molecule has 2 nitrogen and oxygen atoms in total. The number of nitrogens with zero attached hydrogens (tertiary/aromatic N) is 1. The Labute approximate surface area is 390 Å². The van der Waals surface area contributed by atoms with Crippen molar-refractivity contribution in [2.24, 2.45) is 0 Å². The Kier molecular flexibility index (Phi) is 9.11. The number of fused-ring (bicyclic) bond motifs is 7. The molecule has 67 heavy (non-hydrogen) atoms. The molecule has 0 unspecified atom stereocenters. The van der Waals surface area contributed by atoms with Crippen molar-refractivity contribution in [2.75, 3.05) is 4.90 Å². The Morgan fingerprint density at radius 3 is 1.67 bits per heavy atom. The van der Waals surface area contributed by atoms with Crippen LogP contribution in [0.2, 0.25) is 0 Å². The van der Waals surface area contributed by atoms with Gasteiger partial charge in [0.1, 0.15) is 11.2 Å².